The number of rotatable bonds is 5. The van der Waals surface area contributed by atoms with Gasteiger partial charge in [-0.2, -0.15) is 4.31 Å². The van der Waals surface area contributed by atoms with E-state index in [1.165, 1.54) is 25.2 Å². The maximum atomic E-state index is 12.8. The lowest BCUT2D eigenvalue weighted by atomic mass is 9.93. The first-order valence-electron chi connectivity index (χ1n) is 8.46. The maximum absolute atomic E-state index is 12.8. The molecule has 8 nitrogen and oxygen atoms in total. The number of amides is 1. The molecule has 0 aliphatic heterocycles. The second-order valence-corrected chi connectivity index (χ2v) is 10.4. The molecule has 1 heterocycles. The molecule has 1 aliphatic carbocycles. The summed E-state index contributed by atoms with van der Waals surface area (Å²) >= 11 is 12.5. The van der Waals surface area contributed by atoms with E-state index in [1.54, 1.807) is 0 Å². The number of hydrogen-bond acceptors (Lipinski definition) is 7. The summed E-state index contributed by atoms with van der Waals surface area (Å²) in [7, 11) is -2.52. The van der Waals surface area contributed by atoms with Gasteiger partial charge in [-0.15, -0.1) is 10.2 Å². The highest BCUT2D eigenvalue weighted by molar-refractivity contribution is 7.91. The number of carbonyl (C=O) groups excluding carboxylic acids is 1. The summed E-state index contributed by atoms with van der Waals surface area (Å²) in [5.41, 5.74) is 0.174. The zero-order valence-corrected chi connectivity index (χ0v) is 17.9. The maximum Gasteiger partial charge on any atom is 0.272 e. The van der Waals surface area contributed by atoms with Crippen LogP contribution in [0.25, 0.3) is 0 Å². The number of aromatic nitrogens is 2. The Balaban J connectivity index is 1.76. The fourth-order valence-corrected chi connectivity index (χ4v) is 5.99. The van der Waals surface area contributed by atoms with Crippen LogP contribution in [0.2, 0.25) is 10.0 Å². The quantitative estimate of drug-likeness (QED) is 0.657. The average Bonchev–Trinajstić information content (AvgIpc) is 3.10. The van der Waals surface area contributed by atoms with E-state index >= 15 is 0 Å². The smallest absolute Gasteiger partial charge is 0.272 e. The van der Waals surface area contributed by atoms with Crippen molar-refractivity contribution >= 4 is 55.6 Å². The van der Waals surface area contributed by atoms with E-state index in [1.807, 2.05) is 0 Å². The summed E-state index contributed by atoms with van der Waals surface area (Å²) in [6.07, 6.45) is 2.14. The zero-order valence-electron chi connectivity index (χ0n) is 14.8. The Kier molecular flexibility index (Phi) is 6.58. The van der Waals surface area contributed by atoms with Gasteiger partial charge in [0, 0.05) is 12.1 Å². The van der Waals surface area contributed by atoms with Crippen molar-refractivity contribution in [3.8, 4) is 0 Å². The van der Waals surface area contributed by atoms with Gasteiger partial charge in [-0.3, -0.25) is 10.1 Å². The van der Waals surface area contributed by atoms with Gasteiger partial charge in [0.1, 0.15) is 0 Å². The van der Waals surface area contributed by atoms with Crippen LogP contribution in [0.1, 0.15) is 36.0 Å². The van der Waals surface area contributed by atoms with E-state index in [2.05, 4.69) is 15.5 Å². The Bertz CT molecular complexity index is 983. The van der Waals surface area contributed by atoms with Crippen molar-refractivity contribution in [3.05, 3.63) is 33.8 Å². The van der Waals surface area contributed by atoms with Gasteiger partial charge in [-0.05, 0) is 31.0 Å². The molecule has 2 N–H and O–H groups in total. The molecule has 1 aromatic carbocycles. The van der Waals surface area contributed by atoms with Crippen molar-refractivity contribution < 1.29 is 18.3 Å². The molecule has 0 radical (unpaired) electrons. The van der Waals surface area contributed by atoms with Crippen molar-refractivity contribution in [1.29, 1.82) is 0 Å². The molecule has 1 fully saturated rings. The molecule has 1 aromatic heterocycles. The SMILES string of the molecule is CN([C@@H]1CCCC[C@H]1O)S(=O)(=O)c1nnc(NC(=O)c2ccc(Cl)cc2Cl)s1. The molecule has 0 spiro atoms. The van der Waals surface area contributed by atoms with Crippen molar-refractivity contribution in [2.24, 2.45) is 0 Å². The summed E-state index contributed by atoms with van der Waals surface area (Å²) < 4.78 is 26.5. The number of aliphatic hydroxyl groups excluding tert-OH is 1. The van der Waals surface area contributed by atoms with Gasteiger partial charge < -0.3 is 5.11 Å². The highest BCUT2D eigenvalue weighted by Crippen LogP contribution is 2.30. The van der Waals surface area contributed by atoms with Crippen LogP contribution in [-0.4, -0.2) is 53.1 Å². The minimum absolute atomic E-state index is 0.0205. The standard InChI is InChI=1S/C16H18Cl2N4O4S2/c1-22(12-4-2-3-5-13(12)23)28(25,26)16-21-20-15(27-16)19-14(24)10-7-6-9(17)8-11(10)18/h6-8,12-13,23H,2-5H2,1H3,(H,19,20,24)/t12-,13-/m1/s1. The number of sulfonamides is 1. The minimum Gasteiger partial charge on any atom is -0.391 e. The van der Waals surface area contributed by atoms with Crippen molar-refractivity contribution in [2.75, 3.05) is 12.4 Å². The Morgan fingerprint density at radius 2 is 2.00 bits per heavy atom. The normalized spacial score (nSPS) is 20.3. The van der Waals surface area contributed by atoms with Gasteiger partial charge in [-0.1, -0.05) is 47.4 Å². The molecule has 2 atom stereocenters. The van der Waals surface area contributed by atoms with Gasteiger partial charge in [0.2, 0.25) is 9.47 Å². The molecule has 1 amide bonds. The molecule has 12 heteroatoms. The second kappa shape index (κ2) is 8.60. The monoisotopic (exact) mass is 464 g/mol. The van der Waals surface area contributed by atoms with E-state index < -0.39 is 28.1 Å². The summed E-state index contributed by atoms with van der Waals surface area (Å²) in [4.78, 5) is 12.3. The fourth-order valence-electron chi connectivity index (χ4n) is 3.02. The molecule has 28 heavy (non-hydrogen) atoms. The van der Waals surface area contributed by atoms with Crippen molar-refractivity contribution in [3.63, 3.8) is 0 Å². The number of benzene rings is 1. The van der Waals surface area contributed by atoms with Crippen LogP contribution in [0.3, 0.4) is 0 Å². The third-order valence-corrected chi connectivity index (χ3v) is 8.18. The van der Waals surface area contributed by atoms with Gasteiger partial charge in [0.05, 0.1) is 22.7 Å². The number of halogens is 2. The summed E-state index contributed by atoms with van der Waals surface area (Å²) in [5, 5.41) is 20.6. The molecule has 0 bridgehead atoms. The van der Waals surface area contributed by atoms with Crippen LogP contribution in [0.5, 0.6) is 0 Å². The Morgan fingerprint density at radius 3 is 2.68 bits per heavy atom. The van der Waals surface area contributed by atoms with Crippen LogP contribution in [0.4, 0.5) is 5.13 Å². The topological polar surface area (TPSA) is 112 Å². The van der Waals surface area contributed by atoms with Crippen LogP contribution in [0.15, 0.2) is 22.5 Å². The Hall–Kier alpha value is -1.30. The van der Waals surface area contributed by atoms with E-state index in [0.29, 0.717) is 17.9 Å². The molecule has 1 aliphatic rings. The highest BCUT2D eigenvalue weighted by Gasteiger charge is 2.36. The first-order chi connectivity index (χ1) is 13.2. The lowest BCUT2D eigenvalue weighted by molar-refractivity contribution is 0.0638. The number of aliphatic hydroxyl groups is 1. The second-order valence-electron chi connectivity index (χ2n) is 6.39. The third-order valence-electron chi connectivity index (χ3n) is 4.56. The average molecular weight is 465 g/mol. The first kappa shape index (κ1) is 21.4. The molecule has 0 saturated heterocycles. The molecule has 3 rings (SSSR count). The Morgan fingerprint density at radius 1 is 1.29 bits per heavy atom. The predicted molar refractivity (Wildman–Crippen MR) is 108 cm³/mol. The van der Waals surface area contributed by atoms with Crippen LogP contribution < -0.4 is 5.32 Å². The summed E-state index contributed by atoms with van der Waals surface area (Å²) in [6, 6.07) is 3.89. The van der Waals surface area contributed by atoms with Gasteiger partial charge in [-0.25, -0.2) is 8.42 Å². The Labute approximate surface area is 176 Å². The fraction of sp³-hybridized carbons (Fsp3) is 0.438. The van der Waals surface area contributed by atoms with E-state index in [0.717, 1.165) is 28.5 Å². The number of anilines is 1. The third kappa shape index (κ3) is 4.47. The van der Waals surface area contributed by atoms with Crippen LogP contribution in [0, 0.1) is 0 Å². The summed E-state index contributed by atoms with van der Waals surface area (Å²) in [5.74, 6) is -0.558. The highest BCUT2D eigenvalue weighted by atomic mass is 35.5. The van der Waals surface area contributed by atoms with Crippen molar-refractivity contribution in [2.45, 2.75) is 42.2 Å². The van der Waals surface area contributed by atoms with Gasteiger partial charge in [0.15, 0.2) is 0 Å². The minimum atomic E-state index is -3.94. The van der Waals surface area contributed by atoms with Crippen molar-refractivity contribution in [1.82, 2.24) is 14.5 Å². The first-order valence-corrected chi connectivity index (χ1v) is 11.5. The molecule has 1 saturated carbocycles. The predicted octanol–water partition coefficient (Wildman–Crippen LogP) is 3.02. The largest absolute Gasteiger partial charge is 0.391 e. The number of hydrogen-bond donors (Lipinski definition) is 2. The zero-order chi connectivity index (χ0) is 20.5. The van der Waals surface area contributed by atoms with Crippen LogP contribution in [-0.2, 0) is 10.0 Å². The van der Waals surface area contributed by atoms with E-state index in [4.69, 9.17) is 23.2 Å². The number of nitrogens with one attached hydrogen (secondary N) is 1. The molecule has 0 unspecified atom stereocenters. The van der Waals surface area contributed by atoms with E-state index in [9.17, 15) is 18.3 Å². The number of likely N-dealkylation sites (N-methyl/N-ethyl adjacent to an activating group) is 1. The van der Waals surface area contributed by atoms with Gasteiger partial charge >= 0.3 is 0 Å². The molecule has 2 aromatic rings. The lowest BCUT2D eigenvalue weighted by Crippen LogP contribution is -2.46. The van der Waals surface area contributed by atoms with Gasteiger partial charge in [0.25, 0.3) is 15.9 Å². The molecule has 152 valence electrons. The molecular formula is C16H18Cl2N4O4S2. The van der Waals surface area contributed by atoms with E-state index in [-0.39, 0.29) is 20.1 Å². The number of carbonyl (C=O) groups is 1. The summed E-state index contributed by atoms with van der Waals surface area (Å²) in [6.45, 7) is 0. The number of nitrogens with zero attached hydrogens (tertiary/aromatic N) is 3. The lowest BCUT2D eigenvalue weighted by Gasteiger charge is -2.33. The van der Waals surface area contributed by atoms with Crippen LogP contribution >= 0.6 is 34.5 Å². The molecular weight excluding hydrogens is 447 g/mol.